The minimum atomic E-state index is -0.390. The van der Waals surface area contributed by atoms with Gasteiger partial charge in [-0.3, -0.25) is 9.20 Å². The summed E-state index contributed by atoms with van der Waals surface area (Å²) in [5.41, 5.74) is 1.14. The lowest BCUT2D eigenvalue weighted by atomic mass is 10.1. The van der Waals surface area contributed by atoms with Crippen molar-refractivity contribution < 1.29 is 13.9 Å². The minimum absolute atomic E-state index is 0.0180. The summed E-state index contributed by atoms with van der Waals surface area (Å²) in [4.78, 5) is 27.4. The molecule has 0 aliphatic carbocycles. The summed E-state index contributed by atoms with van der Waals surface area (Å²) in [7, 11) is 1.62. The van der Waals surface area contributed by atoms with E-state index in [4.69, 9.17) is 10.00 Å². The third-order valence-corrected chi connectivity index (χ3v) is 5.39. The zero-order valence-corrected chi connectivity index (χ0v) is 18.3. The highest BCUT2D eigenvalue weighted by Gasteiger charge is 2.24. The number of likely N-dealkylation sites (tertiary alicyclic amines) is 1. The fourth-order valence-corrected chi connectivity index (χ4v) is 3.84. The highest BCUT2D eigenvalue weighted by molar-refractivity contribution is 5.78. The van der Waals surface area contributed by atoms with Gasteiger partial charge in [-0.1, -0.05) is 0 Å². The summed E-state index contributed by atoms with van der Waals surface area (Å²) in [6.07, 6.45) is 4.53. The Morgan fingerprint density at radius 1 is 1.36 bits per heavy atom. The van der Waals surface area contributed by atoms with Gasteiger partial charge in [-0.25, -0.2) is 19.3 Å². The number of nitrogens with zero attached hydrogens (tertiary/aromatic N) is 6. The maximum atomic E-state index is 13.9. The first-order valence-electron chi connectivity index (χ1n) is 10.7. The van der Waals surface area contributed by atoms with Crippen molar-refractivity contribution in [1.29, 1.82) is 5.26 Å². The fourth-order valence-electron chi connectivity index (χ4n) is 3.84. The molecular weight excluding hydrogens is 427 g/mol. The molecule has 4 heterocycles. The zero-order valence-electron chi connectivity index (χ0n) is 18.3. The first-order chi connectivity index (χ1) is 16.1. The SMILES string of the molecule is COCCNc1cc(NC2CCCN(C(=O)CC#N)C2)nc(-c2cnc3ccc(F)cn23)n1. The lowest BCUT2D eigenvalue weighted by molar-refractivity contribution is -0.131. The second kappa shape index (κ2) is 10.2. The van der Waals surface area contributed by atoms with Crippen molar-refractivity contribution in [3.05, 3.63) is 36.4 Å². The molecule has 172 valence electrons. The van der Waals surface area contributed by atoms with Crippen LogP contribution in [0.25, 0.3) is 17.2 Å². The summed E-state index contributed by atoms with van der Waals surface area (Å²) in [6.45, 7) is 2.19. The van der Waals surface area contributed by atoms with Crippen LogP contribution in [0.15, 0.2) is 30.6 Å². The van der Waals surface area contributed by atoms with E-state index in [1.807, 2.05) is 6.07 Å². The number of imidazole rings is 1. The van der Waals surface area contributed by atoms with Gasteiger partial charge in [0.05, 0.1) is 18.9 Å². The highest BCUT2D eigenvalue weighted by atomic mass is 19.1. The van der Waals surface area contributed by atoms with Crippen molar-refractivity contribution in [2.75, 3.05) is 44.0 Å². The average molecular weight is 452 g/mol. The number of nitriles is 1. The van der Waals surface area contributed by atoms with Gasteiger partial charge in [0, 0.05) is 45.0 Å². The van der Waals surface area contributed by atoms with Gasteiger partial charge in [-0.2, -0.15) is 5.26 Å². The number of methoxy groups -OCH3 is 1. The average Bonchev–Trinajstić information content (AvgIpc) is 3.22. The normalized spacial score (nSPS) is 15.9. The van der Waals surface area contributed by atoms with Crippen molar-refractivity contribution in [3.63, 3.8) is 0 Å². The number of rotatable bonds is 8. The minimum Gasteiger partial charge on any atom is -0.383 e. The maximum absolute atomic E-state index is 13.9. The molecule has 4 rings (SSSR count). The number of ether oxygens (including phenoxy) is 1. The number of halogens is 1. The number of carbonyl (C=O) groups excluding carboxylic acids is 1. The largest absolute Gasteiger partial charge is 0.383 e. The third kappa shape index (κ3) is 5.35. The Balaban J connectivity index is 1.62. The van der Waals surface area contributed by atoms with Gasteiger partial charge in [0.1, 0.15) is 35.2 Å². The Morgan fingerprint density at radius 3 is 3.03 bits per heavy atom. The molecule has 10 nitrogen and oxygen atoms in total. The highest BCUT2D eigenvalue weighted by Crippen LogP contribution is 2.24. The van der Waals surface area contributed by atoms with Crippen LogP contribution in [0.3, 0.4) is 0 Å². The Labute approximate surface area is 190 Å². The molecule has 1 unspecified atom stereocenters. The van der Waals surface area contributed by atoms with Gasteiger partial charge in [-0.15, -0.1) is 0 Å². The number of anilines is 2. The van der Waals surface area contributed by atoms with Crippen molar-refractivity contribution >= 4 is 23.2 Å². The van der Waals surface area contributed by atoms with Crippen molar-refractivity contribution in [1.82, 2.24) is 24.3 Å². The Kier molecular flexibility index (Phi) is 6.95. The van der Waals surface area contributed by atoms with Crippen LogP contribution in [-0.4, -0.2) is 69.6 Å². The van der Waals surface area contributed by atoms with E-state index in [2.05, 4.69) is 25.6 Å². The van der Waals surface area contributed by atoms with Gasteiger partial charge in [-0.05, 0) is 25.0 Å². The number of fused-ring (bicyclic) bond motifs is 1. The molecule has 1 atom stereocenters. The first kappa shape index (κ1) is 22.4. The van der Waals surface area contributed by atoms with E-state index in [0.29, 0.717) is 55.0 Å². The predicted octanol–water partition coefficient (Wildman–Crippen LogP) is 2.31. The van der Waals surface area contributed by atoms with Gasteiger partial charge in [0.2, 0.25) is 5.91 Å². The molecule has 1 aliphatic rings. The number of amides is 1. The number of aromatic nitrogens is 4. The summed E-state index contributed by atoms with van der Waals surface area (Å²) >= 11 is 0. The number of piperidine rings is 1. The van der Waals surface area contributed by atoms with E-state index in [0.717, 1.165) is 12.8 Å². The second-order valence-corrected chi connectivity index (χ2v) is 7.76. The molecule has 1 aliphatic heterocycles. The molecular formula is C22H25FN8O2. The summed E-state index contributed by atoms with van der Waals surface area (Å²) in [5, 5.41) is 15.4. The van der Waals surface area contributed by atoms with E-state index < -0.39 is 0 Å². The van der Waals surface area contributed by atoms with Gasteiger partial charge in [0.15, 0.2) is 5.82 Å². The Morgan fingerprint density at radius 2 is 2.21 bits per heavy atom. The molecule has 0 bridgehead atoms. The number of hydrogen-bond donors (Lipinski definition) is 2. The monoisotopic (exact) mass is 452 g/mol. The van der Waals surface area contributed by atoms with Crippen LogP contribution in [0.2, 0.25) is 0 Å². The quantitative estimate of drug-likeness (QED) is 0.500. The van der Waals surface area contributed by atoms with Crippen LogP contribution in [0.1, 0.15) is 19.3 Å². The number of nitrogens with one attached hydrogen (secondary N) is 2. The standard InChI is InChI=1S/C22H25FN8O2/c1-33-10-8-25-18-11-19(27-16-3-2-9-30(14-16)21(32)6-7-24)29-22(28-18)17-12-26-20-5-4-15(23)13-31(17)20/h4-5,11-13,16H,2-3,6,8-10,14H2,1H3,(H2,25,27,28,29). The molecule has 0 radical (unpaired) electrons. The maximum Gasteiger partial charge on any atom is 0.236 e. The summed E-state index contributed by atoms with van der Waals surface area (Å²) in [6, 6.07) is 6.63. The number of pyridine rings is 1. The molecule has 1 amide bonds. The smallest absolute Gasteiger partial charge is 0.236 e. The number of carbonyl (C=O) groups is 1. The van der Waals surface area contributed by atoms with E-state index >= 15 is 0 Å². The molecule has 33 heavy (non-hydrogen) atoms. The van der Waals surface area contributed by atoms with Gasteiger partial charge < -0.3 is 20.3 Å². The van der Waals surface area contributed by atoms with Crippen LogP contribution >= 0.6 is 0 Å². The van der Waals surface area contributed by atoms with E-state index in [-0.39, 0.29) is 24.2 Å². The van der Waals surface area contributed by atoms with Crippen LogP contribution in [0.5, 0.6) is 0 Å². The molecule has 0 aromatic carbocycles. The fraction of sp³-hybridized carbons (Fsp3) is 0.409. The summed E-state index contributed by atoms with van der Waals surface area (Å²) < 4.78 is 20.6. The third-order valence-electron chi connectivity index (χ3n) is 5.39. The van der Waals surface area contributed by atoms with Gasteiger partial charge >= 0.3 is 0 Å². The molecule has 0 saturated carbocycles. The molecule has 1 saturated heterocycles. The number of hydrogen-bond acceptors (Lipinski definition) is 8. The summed E-state index contributed by atoms with van der Waals surface area (Å²) in [5.74, 6) is 0.983. The molecule has 2 N–H and O–H groups in total. The van der Waals surface area contributed by atoms with Crippen LogP contribution in [0.4, 0.5) is 16.0 Å². The van der Waals surface area contributed by atoms with E-state index in [9.17, 15) is 9.18 Å². The van der Waals surface area contributed by atoms with Crippen molar-refractivity contribution in [2.24, 2.45) is 0 Å². The van der Waals surface area contributed by atoms with E-state index in [1.165, 1.54) is 12.3 Å². The second-order valence-electron chi connectivity index (χ2n) is 7.76. The van der Waals surface area contributed by atoms with Crippen LogP contribution in [0, 0.1) is 17.1 Å². The van der Waals surface area contributed by atoms with Crippen molar-refractivity contribution in [3.8, 4) is 17.6 Å². The lowest BCUT2D eigenvalue weighted by Gasteiger charge is -2.33. The van der Waals surface area contributed by atoms with E-state index in [1.54, 1.807) is 34.7 Å². The molecule has 11 heteroatoms. The van der Waals surface area contributed by atoms with Gasteiger partial charge in [0.25, 0.3) is 0 Å². The molecule has 3 aromatic rings. The first-order valence-corrected chi connectivity index (χ1v) is 10.7. The van der Waals surface area contributed by atoms with Crippen LogP contribution in [-0.2, 0) is 9.53 Å². The molecule has 1 fully saturated rings. The van der Waals surface area contributed by atoms with Crippen molar-refractivity contribution in [2.45, 2.75) is 25.3 Å². The Hall–Kier alpha value is -3.78. The topological polar surface area (TPSA) is 120 Å². The molecule has 0 spiro atoms. The Bertz CT molecular complexity index is 1170. The lowest BCUT2D eigenvalue weighted by Crippen LogP contribution is -2.45. The van der Waals surface area contributed by atoms with Crippen LogP contribution < -0.4 is 10.6 Å². The zero-order chi connectivity index (χ0) is 23.2. The molecule has 3 aromatic heterocycles. The predicted molar refractivity (Wildman–Crippen MR) is 120 cm³/mol.